The third kappa shape index (κ3) is 6.57. The third-order valence-electron chi connectivity index (χ3n) is 1.33. The Bertz CT molecular complexity index is 199. The Morgan fingerprint density at radius 3 is 2.42 bits per heavy atom. The molecule has 74 valence electrons. The van der Waals surface area contributed by atoms with Gasteiger partial charge in [-0.1, -0.05) is 13.8 Å². The number of rotatable bonds is 6. The zero-order valence-electron chi connectivity index (χ0n) is 7.71. The van der Waals surface area contributed by atoms with Gasteiger partial charge in [0.2, 0.25) is 10.0 Å². The molecule has 0 rings (SSSR count). The van der Waals surface area contributed by atoms with Gasteiger partial charge >= 0.3 is 0 Å². The monoisotopic (exact) mass is 194 g/mol. The normalized spacial score (nSPS) is 12.3. The summed E-state index contributed by atoms with van der Waals surface area (Å²) >= 11 is 0. The molecule has 4 nitrogen and oxygen atoms in total. The number of hydrogen-bond acceptors (Lipinski definition) is 3. The molecule has 0 spiro atoms. The molecular weight excluding hydrogens is 176 g/mol. The van der Waals surface area contributed by atoms with Gasteiger partial charge < -0.3 is 5.73 Å². The predicted molar refractivity (Wildman–Crippen MR) is 50.3 cm³/mol. The molecule has 0 aromatic carbocycles. The van der Waals surface area contributed by atoms with Crippen LogP contribution in [0.4, 0.5) is 0 Å². The average molecular weight is 194 g/mol. The molecule has 0 aliphatic rings. The first-order valence-electron chi connectivity index (χ1n) is 4.15. The van der Waals surface area contributed by atoms with Gasteiger partial charge in [0.05, 0.1) is 5.75 Å². The molecule has 0 saturated carbocycles. The lowest BCUT2D eigenvalue weighted by Crippen LogP contribution is -2.30. The molecule has 0 amide bonds. The highest BCUT2D eigenvalue weighted by molar-refractivity contribution is 7.89. The van der Waals surface area contributed by atoms with Gasteiger partial charge in [-0.3, -0.25) is 0 Å². The van der Waals surface area contributed by atoms with Crippen LogP contribution < -0.4 is 10.5 Å². The van der Waals surface area contributed by atoms with Crippen LogP contribution in [0.15, 0.2) is 0 Å². The SMILES string of the molecule is CC(C)CNS(=O)(=O)CCCN. The van der Waals surface area contributed by atoms with Crippen molar-refractivity contribution in [3.63, 3.8) is 0 Å². The summed E-state index contributed by atoms with van der Waals surface area (Å²) in [6, 6.07) is 0. The van der Waals surface area contributed by atoms with Crippen molar-refractivity contribution < 1.29 is 8.42 Å². The molecule has 0 saturated heterocycles. The van der Waals surface area contributed by atoms with Crippen molar-refractivity contribution in [2.45, 2.75) is 20.3 Å². The van der Waals surface area contributed by atoms with E-state index >= 15 is 0 Å². The Kier molecular flexibility index (Phi) is 5.44. The molecule has 12 heavy (non-hydrogen) atoms. The first-order valence-corrected chi connectivity index (χ1v) is 5.80. The molecular formula is C7H18N2O2S. The van der Waals surface area contributed by atoms with Gasteiger partial charge in [0.25, 0.3) is 0 Å². The molecule has 0 fully saturated rings. The van der Waals surface area contributed by atoms with Gasteiger partial charge in [0.1, 0.15) is 0 Å². The van der Waals surface area contributed by atoms with E-state index < -0.39 is 10.0 Å². The van der Waals surface area contributed by atoms with Crippen LogP contribution in [0.3, 0.4) is 0 Å². The highest BCUT2D eigenvalue weighted by Gasteiger charge is 2.08. The van der Waals surface area contributed by atoms with Crippen LogP contribution in [0.5, 0.6) is 0 Å². The molecule has 0 aliphatic heterocycles. The van der Waals surface area contributed by atoms with Gasteiger partial charge in [-0.05, 0) is 18.9 Å². The van der Waals surface area contributed by atoms with Crippen molar-refractivity contribution in [2.24, 2.45) is 11.7 Å². The largest absolute Gasteiger partial charge is 0.330 e. The quantitative estimate of drug-likeness (QED) is 0.620. The minimum atomic E-state index is -3.07. The van der Waals surface area contributed by atoms with Crippen molar-refractivity contribution in [1.29, 1.82) is 0 Å². The van der Waals surface area contributed by atoms with Crippen LogP contribution in [0.25, 0.3) is 0 Å². The highest BCUT2D eigenvalue weighted by Crippen LogP contribution is 1.92. The van der Waals surface area contributed by atoms with E-state index in [-0.39, 0.29) is 5.75 Å². The summed E-state index contributed by atoms with van der Waals surface area (Å²) < 4.78 is 24.8. The van der Waals surface area contributed by atoms with E-state index in [1.54, 1.807) is 0 Å². The minimum Gasteiger partial charge on any atom is -0.330 e. The van der Waals surface area contributed by atoms with Gasteiger partial charge in [-0.15, -0.1) is 0 Å². The number of sulfonamides is 1. The number of nitrogens with one attached hydrogen (secondary N) is 1. The van der Waals surface area contributed by atoms with E-state index in [0.29, 0.717) is 25.4 Å². The Hall–Kier alpha value is -0.130. The topological polar surface area (TPSA) is 72.2 Å². The smallest absolute Gasteiger partial charge is 0.211 e. The van der Waals surface area contributed by atoms with Crippen LogP contribution in [-0.4, -0.2) is 27.3 Å². The zero-order chi connectivity index (χ0) is 9.61. The lowest BCUT2D eigenvalue weighted by Gasteiger charge is -2.07. The van der Waals surface area contributed by atoms with E-state index in [9.17, 15) is 8.42 Å². The molecule has 5 heteroatoms. The van der Waals surface area contributed by atoms with Crippen LogP contribution in [-0.2, 0) is 10.0 Å². The molecule has 0 aromatic heterocycles. The summed E-state index contributed by atoms with van der Waals surface area (Å²) in [7, 11) is -3.07. The maximum absolute atomic E-state index is 11.1. The van der Waals surface area contributed by atoms with E-state index in [4.69, 9.17) is 5.73 Å². The molecule has 0 unspecified atom stereocenters. The summed E-state index contributed by atoms with van der Waals surface area (Å²) in [4.78, 5) is 0. The second-order valence-electron chi connectivity index (χ2n) is 3.20. The summed E-state index contributed by atoms with van der Waals surface area (Å²) in [5.41, 5.74) is 5.20. The standard InChI is InChI=1S/C7H18N2O2S/c1-7(2)6-9-12(10,11)5-3-4-8/h7,9H,3-6,8H2,1-2H3. The summed E-state index contributed by atoms with van der Waals surface area (Å²) in [5, 5.41) is 0. The van der Waals surface area contributed by atoms with Gasteiger partial charge in [0, 0.05) is 6.54 Å². The lowest BCUT2D eigenvalue weighted by atomic mass is 10.2. The fourth-order valence-electron chi connectivity index (χ4n) is 0.639. The highest BCUT2D eigenvalue weighted by atomic mass is 32.2. The van der Waals surface area contributed by atoms with Crippen molar-refractivity contribution in [3.8, 4) is 0 Å². The molecule has 3 N–H and O–H groups in total. The molecule has 0 bridgehead atoms. The fourth-order valence-corrected chi connectivity index (χ4v) is 1.92. The van der Waals surface area contributed by atoms with Crippen molar-refractivity contribution in [2.75, 3.05) is 18.8 Å². The van der Waals surface area contributed by atoms with Gasteiger partial charge in [0.15, 0.2) is 0 Å². The maximum Gasteiger partial charge on any atom is 0.211 e. The first-order chi connectivity index (χ1) is 5.48. The second kappa shape index (κ2) is 5.50. The summed E-state index contributed by atoms with van der Waals surface area (Å²) in [5.74, 6) is 0.480. The fraction of sp³-hybridized carbons (Fsp3) is 1.00. The van der Waals surface area contributed by atoms with Crippen LogP contribution in [0.1, 0.15) is 20.3 Å². The Balaban J connectivity index is 3.73. The molecule has 0 atom stereocenters. The summed E-state index contributed by atoms with van der Waals surface area (Å²) in [6.45, 7) is 4.85. The molecule has 0 heterocycles. The van der Waals surface area contributed by atoms with Gasteiger partial charge in [-0.2, -0.15) is 0 Å². The van der Waals surface area contributed by atoms with Crippen molar-refractivity contribution in [1.82, 2.24) is 4.72 Å². The number of nitrogens with two attached hydrogens (primary N) is 1. The summed E-state index contributed by atoms with van der Waals surface area (Å²) in [6.07, 6.45) is 0.521. The van der Waals surface area contributed by atoms with Crippen LogP contribution in [0.2, 0.25) is 0 Å². The minimum absolute atomic E-state index is 0.135. The van der Waals surface area contributed by atoms with E-state index in [2.05, 4.69) is 4.72 Å². The third-order valence-corrected chi connectivity index (χ3v) is 2.76. The number of hydrogen-bond donors (Lipinski definition) is 2. The van der Waals surface area contributed by atoms with Gasteiger partial charge in [-0.25, -0.2) is 13.1 Å². The Morgan fingerprint density at radius 1 is 1.42 bits per heavy atom. The van der Waals surface area contributed by atoms with Crippen LogP contribution >= 0.6 is 0 Å². The van der Waals surface area contributed by atoms with Crippen molar-refractivity contribution in [3.05, 3.63) is 0 Å². The van der Waals surface area contributed by atoms with E-state index in [1.807, 2.05) is 13.8 Å². The first kappa shape index (κ1) is 11.9. The lowest BCUT2D eigenvalue weighted by molar-refractivity contribution is 0.558. The van der Waals surface area contributed by atoms with E-state index in [0.717, 1.165) is 0 Å². The molecule has 0 aromatic rings. The molecule has 0 aliphatic carbocycles. The second-order valence-corrected chi connectivity index (χ2v) is 5.13. The maximum atomic E-state index is 11.1. The van der Waals surface area contributed by atoms with E-state index in [1.165, 1.54) is 0 Å². The Morgan fingerprint density at radius 2 is 2.00 bits per heavy atom. The average Bonchev–Trinajstić information content (AvgIpc) is 1.98. The van der Waals surface area contributed by atoms with Crippen LogP contribution in [0, 0.1) is 5.92 Å². The predicted octanol–water partition coefficient (Wildman–Crippen LogP) is -0.0894. The Labute approximate surface area is 74.6 Å². The molecule has 0 radical (unpaired) electrons. The zero-order valence-corrected chi connectivity index (χ0v) is 8.52. The van der Waals surface area contributed by atoms with Crippen molar-refractivity contribution >= 4 is 10.0 Å².